The first-order valence-corrected chi connectivity index (χ1v) is 9.09. The van der Waals surface area contributed by atoms with Gasteiger partial charge in [0.05, 0.1) is 11.6 Å². The predicted molar refractivity (Wildman–Crippen MR) is 98.1 cm³/mol. The van der Waals surface area contributed by atoms with E-state index < -0.39 is 17.9 Å². The molecule has 1 fully saturated rings. The number of anilines is 2. The van der Waals surface area contributed by atoms with E-state index in [2.05, 4.69) is 21.4 Å². The number of hydrogen-bond acceptors (Lipinski definition) is 6. The average molecular weight is 402 g/mol. The number of piperazine rings is 1. The zero-order valence-corrected chi connectivity index (χ0v) is 15.3. The standard InChI is InChI=1S/C19H17F3N6O/c20-19(21,22)16-3-4-24-18(26-16)28-7-5-27(6-8-28)17(29)15-10-13-9-12(11-23)1-2-14(13)25-15/h1-4,9,15,25H,5-8,10H2. The molecule has 29 heavy (non-hydrogen) atoms. The van der Waals surface area contributed by atoms with Crippen molar-refractivity contribution < 1.29 is 18.0 Å². The molecule has 1 unspecified atom stereocenters. The van der Waals surface area contributed by atoms with Crippen molar-refractivity contribution in [3.05, 3.63) is 47.3 Å². The van der Waals surface area contributed by atoms with E-state index in [0.717, 1.165) is 23.5 Å². The number of alkyl halides is 3. The zero-order chi connectivity index (χ0) is 20.6. The Morgan fingerprint density at radius 1 is 1.21 bits per heavy atom. The van der Waals surface area contributed by atoms with Gasteiger partial charge >= 0.3 is 6.18 Å². The first kappa shape index (κ1) is 19.0. The van der Waals surface area contributed by atoms with E-state index in [1.54, 1.807) is 28.0 Å². The van der Waals surface area contributed by atoms with Crippen LogP contribution in [0, 0.1) is 11.3 Å². The molecule has 2 aliphatic rings. The van der Waals surface area contributed by atoms with Crippen LogP contribution < -0.4 is 10.2 Å². The molecule has 4 rings (SSSR count). The maximum atomic E-state index is 12.9. The van der Waals surface area contributed by atoms with Gasteiger partial charge in [-0.1, -0.05) is 0 Å². The van der Waals surface area contributed by atoms with Crippen LogP contribution in [0.15, 0.2) is 30.5 Å². The van der Waals surface area contributed by atoms with Crippen molar-refractivity contribution in [2.45, 2.75) is 18.6 Å². The van der Waals surface area contributed by atoms with Crippen LogP contribution in [0.3, 0.4) is 0 Å². The van der Waals surface area contributed by atoms with Gasteiger partial charge in [0.1, 0.15) is 11.7 Å². The lowest BCUT2D eigenvalue weighted by Gasteiger charge is -2.36. The molecule has 150 valence electrons. The molecular formula is C19H17F3N6O. The second-order valence-corrected chi connectivity index (χ2v) is 6.94. The largest absolute Gasteiger partial charge is 0.433 e. The highest BCUT2D eigenvalue weighted by atomic mass is 19.4. The summed E-state index contributed by atoms with van der Waals surface area (Å²) in [4.78, 5) is 23.7. The van der Waals surface area contributed by atoms with Gasteiger partial charge in [0.15, 0.2) is 0 Å². The van der Waals surface area contributed by atoms with Crippen molar-refractivity contribution in [3.8, 4) is 6.07 Å². The number of carbonyl (C=O) groups excluding carboxylic acids is 1. The number of aromatic nitrogens is 2. The summed E-state index contributed by atoms with van der Waals surface area (Å²) in [5.74, 6) is -0.0494. The van der Waals surface area contributed by atoms with Gasteiger partial charge in [-0.05, 0) is 29.8 Å². The highest BCUT2D eigenvalue weighted by Crippen LogP contribution is 2.29. The van der Waals surface area contributed by atoms with Crippen molar-refractivity contribution >= 4 is 17.5 Å². The maximum absolute atomic E-state index is 12.9. The second kappa shape index (κ2) is 7.24. The van der Waals surface area contributed by atoms with Gasteiger partial charge in [0, 0.05) is 44.5 Å². The lowest BCUT2D eigenvalue weighted by Crippen LogP contribution is -2.53. The molecule has 1 aromatic heterocycles. The topological polar surface area (TPSA) is 85.2 Å². The van der Waals surface area contributed by atoms with E-state index in [-0.39, 0.29) is 11.9 Å². The van der Waals surface area contributed by atoms with Gasteiger partial charge in [0.25, 0.3) is 0 Å². The lowest BCUT2D eigenvalue weighted by molar-refractivity contribution is -0.141. The van der Waals surface area contributed by atoms with Crippen LogP contribution in [-0.2, 0) is 17.4 Å². The summed E-state index contributed by atoms with van der Waals surface area (Å²) in [7, 11) is 0. The van der Waals surface area contributed by atoms with Gasteiger partial charge in [0.2, 0.25) is 11.9 Å². The molecule has 0 spiro atoms. The molecule has 7 nitrogen and oxygen atoms in total. The van der Waals surface area contributed by atoms with Crippen LogP contribution in [-0.4, -0.2) is 53.0 Å². The quantitative estimate of drug-likeness (QED) is 0.828. The highest BCUT2D eigenvalue weighted by Gasteiger charge is 2.35. The number of rotatable bonds is 2. The number of halogens is 3. The summed E-state index contributed by atoms with van der Waals surface area (Å²) in [5, 5.41) is 12.2. The van der Waals surface area contributed by atoms with Gasteiger partial charge in [-0.25, -0.2) is 9.97 Å². The van der Waals surface area contributed by atoms with Gasteiger partial charge < -0.3 is 15.1 Å². The third kappa shape index (κ3) is 3.81. The second-order valence-electron chi connectivity index (χ2n) is 6.94. The van der Waals surface area contributed by atoms with E-state index in [4.69, 9.17) is 5.26 Å². The van der Waals surface area contributed by atoms with Crippen LogP contribution in [0.1, 0.15) is 16.8 Å². The number of carbonyl (C=O) groups is 1. The molecule has 1 saturated heterocycles. The number of amides is 1. The van der Waals surface area contributed by atoms with Crippen LogP contribution >= 0.6 is 0 Å². The minimum atomic E-state index is -4.52. The Kier molecular flexibility index (Phi) is 4.74. The minimum absolute atomic E-state index is 0.0161. The number of nitrogens with one attached hydrogen (secondary N) is 1. The summed E-state index contributed by atoms with van der Waals surface area (Å²) < 4.78 is 38.5. The van der Waals surface area contributed by atoms with E-state index in [1.165, 1.54) is 0 Å². The molecule has 1 N–H and O–H groups in total. The molecule has 1 atom stereocenters. The monoisotopic (exact) mass is 402 g/mol. The Labute approximate surface area is 164 Å². The molecule has 0 bridgehead atoms. The van der Waals surface area contributed by atoms with Gasteiger partial charge in [-0.15, -0.1) is 0 Å². The van der Waals surface area contributed by atoms with Crippen molar-refractivity contribution in [3.63, 3.8) is 0 Å². The van der Waals surface area contributed by atoms with E-state index >= 15 is 0 Å². The molecular weight excluding hydrogens is 385 g/mol. The molecule has 0 aliphatic carbocycles. The Balaban J connectivity index is 1.38. The molecule has 3 heterocycles. The predicted octanol–water partition coefficient (Wildman–Crippen LogP) is 2.05. The number of nitriles is 1. The van der Waals surface area contributed by atoms with Gasteiger partial charge in [-0.3, -0.25) is 4.79 Å². The van der Waals surface area contributed by atoms with Crippen LogP contribution in [0.5, 0.6) is 0 Å². The number of hydrogen-bond donors (Lipinski definition) is 1. The Hall–Kier alpha value is -3.35. The summed E-state index contributed by atoms with van der Waals surface area (Å²) in [6.07, 6.45) is -2.93. The average Bonchev–Trinajstić information content (AvgIpc) is 3.16. The third-order valence-electron chi connectivity index (χ3n) is 5.09. The first-order chi connectivity index (χ1) is 13.8. The minimum Gasteiger partial charge on any atom is -0.373 e. The molecule has 2 aromatic rings. The summed E-state index contributed by atoms with van der Waals surface area (Å²) in [6, 6.07) is 7.79. The van der Waals surface area contributed by atoms with E-state index in [9.17, 15) is 18.0 Å². The van der Waals surface area contributed by atoms with Crippen molar-refractivity contribution in [1.82, 2.24) is 14.9 Å². The van der Waals surface area contributed by atoms with Crippen molar-refractivity contribution in [2.24, 2.45) is 0 Å². The SMILES string of the molecule is N#Cc1ccc2c(c1)CC(C(=O)N1CCN(c3nccc(C(F)(F)F)n3)CC1)N2. The third-order valence-corrected chi connectivity index (χ3v) is 5.09. The number of nitrogens with zero attached hydrogens (tertiary/aromatic N) is 5. The fraction of sp³-hybridized carbons (Fsp3) is 0.368. The molecule has 10 heteroatoms. The zero-order valence-electron chi connectivity index (χ0n) is 15.3. The molecule has 0 saturated carbocycles. The fourth-order valence-corrected chi connectivity index (χ4v) is 3.59. The van der Waals surface area contributed by atoms with E-state index in [1.807, 2.05) is 0 Å². The summed E-state index contributed by atoms with van der Waals surface area (Å²) in [6.45, 7) is 1.45. The Bertz CT molecular complexity index is 979. The van der Waals surface area contributed by atoms with Crippen molar-refractivity contribution in [2.75, 3.05) is 36.4 Å². The molecule has 1 amide bonds. The van der Waals surface area contributed by atoms with E-state index in [0.29, 0.717) is 38.2 Å². The molecule has 0 radical (unpaired) electrons. The normalized spacial score (nSPS) is 18.8. The van der Waals surface area contributed by atoms with Gasteiger partial charge in [-0.2, -0.15) is 18.4 Å². The fourth-order valence-electron chi connectivity index (χ4n) is 3.59. The van der Waals surface area contributed by atoms with Crippen LogP contribution in [0.25, 0.3) is 0 Å². The number of fused-ring (bicyclic) bond motifs is 1. The number of benzene rings is 1. The smallest absolute Gasteiger partial charge is 0.373 e. The summed E-state index contributed by atoms with van der Waals surface area (Å²) >= 11 is 0. The van der Waals surface area contributed by atoms with Crippen LogP contribution in [0.2, 0.25) is 0 Å². The maximum Gasteiger partial charge on any atom is 0.433 e. The highest BCUT2D eigenvalue weighted by molar-refractivity contribution is 5.87. The molecule has 1 aromatic carbocycles. The Morgan fingerprint density at radius 3 is 2.66 bits per heavy atom. The molecule has 2 aliphatic heterocycles. The lowest BCUT2D eigenvalue weighted by atomic mass is 10.1. The van der Waals surface area contributed by atoms with Crippen LogP contribution in [0.4, 0.5) is 24.8 Å². The Morgan fingerprint density at radius 2 is 1.97 bits per heavy atom. The first-order valence-electron chi connectivity index (χ1n) is 9.09. The summed E-state index contributed by atoms with van der Waals surface area (Å²) in [5.41, 5.74) is 1.34. The van der Waals surface area contributed by atoms with Crippen molar-refractivity contribution in [1.29, 1.82) is 5.26 Å².